The van der Waals surface area contributed by atoms with Crippen LogP contribution in [0, 0.1) is 0 Å². The zero-order valence-corrected chi connectivity index (χ0v) is 18.7. The number of halogens is 3. The van der Waals surface area contributed by atoms with Crippen LogP contribution >= 0.6 is 0 Å². The lowest BCUT2D eigenvalue weighted by atomic mass is 9.97. The molecule has 0 radical (unpaired) electrons. The number of phenols is 1. The van der Waals surface area contributed by atoms with Crippen LogP contribution in [0.4, 0.5) is 13.2 Å². The van der Waals surface area contributed by atoms with Gasteiger partial charge in [0.05, 0.1) is 11.1 Å². The molecule has 4 aromatic rings. The van der Waals surface area contributed by atoms with Gasteiger partial charge in [0.2, 0.25) is 5.76 Å². The minimum Gasteiger partial charge on any atom is -0.507 e. The maximum absolute atomic E-state index is 13.6. The van der Waals surface area contributed by atoms with Gasteiger partial charge in [-0.2, -0.15) is 13.2 Å². The molecular weight excluding hydrogens is 493 g/mol. The molecule has 4 rings (SSSR count). The number of phenolic OH excluding ortho intramolecular Hbond substituents is 1. The maximum atomic E-state index is 13.6. The molecule has 188 valence electrons. The molecule has 0 unspecified atom stereocenters. The van der Waals surface area contributed by atoms with Gasteiger partial charge in [0.15, 0.2) is 0 Å². The number of nitrogens with two attached hydrogens (primary N) is 1. The predicted octanol–water partition coefficient (Wildman–Crippen LogP) is 4.94. The minimum atomic E-state index is -5.24. The van der Waals surface area contributed by atoms with E-state index >= 15 is 0 Å². The fourth-order valence-corrected chi connectivity index (χ4v) is 3.77. The fourth-order valence-electron chi connectivity index (χ4n) is 3.77. The Kier molecular flexibility index (Phi) is 6.81. The van der Waals surface area contributed by atoms with Crippen LogP contribution in [0.25, 0.3) is 22.3 Å². The Bertz CT molecular complexity index is 1480. The topological polar surface area (TPSA) is 132 Å². The Morgan fingerprint density at radius 2 is 1.46 bits per heavy atom. The van der Waals surface area contributed by atoms with E-state index in [2.05, 4.69) is 0 Å². The van der Waals surface area contributed by atoms with Gasteiger partial charge in [-0.3, -0.25) is 10.2 Å². The van der Waals surface area contributed by atoms with Crippen molar-refractivity contribution in [2.75, 3.05) is 0 Å². The highest BCUT2D eigenvalue weighted by Crippen LogP contribution is 2.40. The highest BCUT2D eigenvalue weighted by Gasteiger charge is 2.41. The summed E-state index contributed by atoms with van der Waals surface area (Å²) in [6, 6.07) is 18.7. The highest BCUT2D eigenvalue weighted by atomic mass is 19.4. The third kappa shape index (κ3) is 4.93. The largest absolute Gasteiger partial charge is 0.507 e. The van der Waals surface area contributed by atoms with Crippen LogP contribution in [0.3, 0.4) is 0 Å². The lowest BCUT2D eigenvalue weighted by Crippen LogP contribution is -2.34. The summed E-state index contributed by atoms with van der Waals surface area (Å²) in [5, 5.41) is 9.74. The summed E-state index contributed by atoms with van der Waals surface area (Å²) in [5.74, 6) is -1.16. The number of ether oxygens (including phenoxy) is 1. The smallest absolute Gasteiger partial charge is 0.420 e. The monoisotopic (exact) mass is 510 g/mol. The van der Waals surface area contributed by atoms with Crippen LogP contribution < -0.4 is 11.3 Å². The number of rotatable bonds is 5. The van der Waals surface area contributed by atoms with Crippen molar-refractivity contribution >= 4 is 17.8 Å². The van der Waals surface area contributed by atoms with Crippen LogP contribution in [0.1, 0.15) is 36.8 Å². The molecule has 0 aliphatic carbocycles. The van der Waals surface area contributed by atoms with Gasteiger partial charge >= 0.3 is 18.1 Å². The normalized spacial score (nSPS) is 11.1. The molecule has 0 atom stereocenters. The Labute approximate surface area is 207 Å². The average molecular weight is 510 g/mol. The molecule has 0 bridgehead atoms. The van der Waals surface area contributed by atoms with Crippen LogP contribution in [0.2, 0.25) is 0 Å². The predicted molar refractivity (Wildman–Crippen MR) is 124 cm³/mol. The number of esters is 2. The number of furan rings is 1. The highest BCUT2D eigenvalue weighted by molar-refractivity contribution is 6.11. The SMILES string of the molecule is NNC(=O)c1c(C(=O)OC(=O)c2occ(-c3ccccc3)c2-c2ccccc2)ccc(O)c1C(F)(F)F. The maximum Gasteiger partial charge on any atom is 0.420 e. The number of nitrogens with one attached hydrogen (secondary N) is 1. The van der Waals surface area contributed by atoms with E-state index in [4.69, 9.17) is 15.0 Å². The molecule has 0 aliphatic heterocycles. The number of hydrogen-bond acceptors (Lipinski definition) is 7. The van der Waals surface area contributed by atoms with Crippen LogP contribution in [-0.4, -0.2) is 23.0 Å². The average Bonchev–Trinajstić information content (AvgIpc) is 3.33. The van der Waals surface area contributed by atoms with E-state index in [0.717, 1.165) is 0 Å². The van der Waals surface area contributed by atoms with Crippen LogP contribution in [0.5, 0.6) is 5.75 Å². The van der Waals surface area contributed by atoms with Crippen molar-refractivity contribution in [1.29, 1.82) is 0 Å². The molecule has 0 saturated carbocycles. The first-order valence-electron chi connectivity index (χ1n) is 10.6. The van der Waals surface area contributed by atoms with Crippen molar-refractivity contribution in [3.8, 4) is 28.0 Å². The first-order valence-corrected chi connectivity index (χ1v) is 10.6. The third-order valence-corrected chi connectivity index (χ3v) is 5.35. The fraction of sp³-hybridized carbons (Fsp3) is 0.0385. The molecule has 0 fully saturated rings. The second-order valence-corrected chi connectivity index (χ2v) is 7.62. The number of carbonyl (C=O) groups excluding carboxylic acids is 3. The number of hydrazine groups is 1. The Hall–Kier alpha value is -4.90. The van der Waals surface area contributed by atoms with Gasteiger partial charge in [-0.25, -0.2) is 15.4 Å². The quantitative estimate of drug-likeness (QED) is 0.114. The van der Waals surface area contributed by atoms with E-state index in [1.165, 1.54) is 11.7 Å². The van der Waals surface area contributed by atoms with Crippen LogP contribution in [-0.2, 0) is 10.9 Å². The van der Waals surface area contributed by atoms with Gasteiger partial charge in [0.25, 0.3) is 5.91 Å². The van der Waals surface area contributed by atoms with Gasteiger partial charge < -0.3 is 14.3 Å². The van der Waals surface area contributed by atoms with Crippen molar-refractivity contribution in [2.24, 2.45) is 5.84 Å². The molecule has 1 heterocycles. The Morgan fingerprint density at radius 1 is 0.865 bits per heavy atom. The van der Waals surface area contributed by atoms with Gasteiger partial charge in [-0.1, -0.05) is 60.7 Å². The summed E-state index contributed by atoms with van der Waals surface area (Å²) in [6.07, 6.45) is -3.95. The van der Waals surface area contributed by atoms with E-state index in [1.54, 1.807) is 60.7 Å². The van der Waals surface area contributed by atoms with E-state index in [1.807, 2.05) is 0 Å². The third-order valence-electron chi connectivity index (χ3n) is 5.35. The number of nitrogen functional groups attached to an aromatic ring is 1. The molecule has 3 aromatic carbocycles. The molecule has 4 N–H and O–H groups in total. The van der Waals surface area contributed by atoms with Crippen LogP contribution in [0.15, 0.2) is 83.5 Å². The second kappa shape index (κ2) is 9.99. The zero-order valence-electron chi connectivity index (χ0n) is 18.7. The van der Waals surface area contributed by atoms with Gasteiger partial charge in [-0.15, -0.1) is 0 Å². The standard InChI is InChI=1S/C26H17F3N2O6/c27-26(28,29)21-18(32)12-11-16(20(21)23(33)31-30)24(34)37-25(35)22-19(15-9-5-2-6-10-15)17(13-36-22)14-7-3-1-4-8-14/h1-13,32H,30H2,(H,31,33). The molecule has 1 aromatic heterocycles. The van der Waals surface area contributed by atoms with Gasteiger partial charge in [-0.05, 0) is 23.3 Å². The van der Waals surface area contributed by atoms with E-state index in [0.29, 0.717) is 28.8 Å². The second-order valence-electron chi connectivity index (χ2n) is 7.62. The lowest BCUT2D eigenvalue weighted by molar-refractivity contribution is -0.139. The summed E-state index contributed by atoms with van der Waals surface area (Å²) in [5.41, 5.74) is -0.562. The zero-order chi connectivity index (χ0) is 26.7. The van der Waals surface area contributed by atoms with E-state index < -0.39 is 52.2 Å². The number of alkyl halides is 3. The summed E-state index contributed by atoms with van der Waals surface area (Å²) in [7, 11) is 0. The van der Waals surface area contributed by atoms with Crippen molar-refractivity contribution in [3.63, 3.8) is 0 Å². The summed E-state index contributed by atoms with van der Waals surface area (Å²) in [4.78, 5) is 38.0. The lowest BCUT2D eigenvalue weighted by Gasteiger charge is -2.16. The van der Waals surface area contributed by atoms with Gasteiger partial charge in [0, 0.05) is 11.1 Å². The number of carbonyl (C=O) groups is 3. The molecule has 0 aliphatic rings. The first kappa shape index (κ1) is 25.2. The molecular formula is C26H17F3N2O6. The van der Waals surface area contributed by atoms with Crippen molar-refractivity contribution in [1.82, 2.24) is 5.43 Å². The summed E-state index contributed by atoms with van der Waals surface area (Å²) in [6.45, 7) is 0. The minimum absolute atomic E-state index is 0.284. The molecule has 1 amide bonds. The van der Waals surface area contributed by atoms with E-state index in [9.17, 15) is 32.7 Å². The van der Waals surface area contributed by atoms with Crippen molar-refractivity contribution in [2.45, 2.75) is 6.18 Å². The number of benzene rings is 3. The molecule has 8 nitrogen and oxygen atoms in total. The molecule has 0 saturated heterocycles. The van der Waals surface area contributed by atoms with Gasteiger partial charge in [0.1, 0.15) is 17.6 Å². The number of hydrogen-bond donors (Lipinski definition) is 3. The molecule has 11 heteroatoms. The number of aromatic hydroxyl groups is 1. The molecule has 0 spiro atoms. The Morgan fingerprint density at radius 3 is 2.03 bits per heavy atom. The number of amides is 1. The summed E-state index contributed by atoms with van der Waals surface area (Å²) >= 11 is 0. The molecule has 37 heavy (non-hydrogen) atoms. The first-order chi connectivity index (χ1) is 17.6. The Balaban J connectivity index is 1.78. The van der Waals surface area contributed by atoms with Crippen molar-refractivity contribution in [3.05, 3.63) is 102 Å². The summed E-state index contributed by atoms with van der Waals surface area (Å²) < 4.78 is 51.0. The van der Waals surface area contributed by atoms with E-state index in [-0.39, 0.29) is 5.56 Å². The van der Waals surface area contributed by atoms with Crippen molar-refractivity contribution < 1.29 is 41.8 Å².